The number of nitriles is 1. The molecule has 0 saturated heterocycles. The van der Waals surface area contributed by atoms with Gasteiger partial charge in [-0.25, -0.2) is 0 Å². The lowest BCUT2D eigenvalue weighted by molar-refractivity contribution is 0.0642. The van der Waals surface area contributed by atoms with Gasteiger partial charge in [0.25, 0.3) is 11.8 Å². The fraction of sp³-hybridized carbons (Fsp3) is 0.0625. The summed E-state index contributed by atoms with van der Waals surface area (Å²) in [6.07, 6.45) is 0. The topological polar surface area (TPSA) is 61.2 Å². The molecule has 2 aromatic rings. The first-order valence-electron chi connectivity index (χ1n) is 6.36. The molecular weight excluding hydrogens is 412 g/mol. The molecule has 0 bridgehead atoms. The Morgan fingerprint density at radius 3 is 1.95 bits per heavy atom. The minimum atomic E-state index is -0.294. The highest BCUT2D eigenvalue weighted by molar-refractivity contribution is 9.11. The van der Waals surface area contributed by atoms with Gasteiger partial charge in [-0.2, -0.15) is 5.26 Å². The highest BCUT2D eigenvalue weighted by Crippen LogP contribution is 2.29. The van der Waals surface area contributed by atoms with Crippen LogP contribution in [0, 0.1) is 11.3 Å². The van der Waals surface area contributed by atoms with E-state index in [0.717, 1.165) is 5.56 Å². The maximum Gasteiger partial charge on any atom is 0.261 e. The summed E-state index contributed by atoms with van der Waals surface area (Å²) < 4.78 is 1.24. The third-order valence-corrected chi connectivity index (χ3v) is 4.68. The Bertz CT molecular complexity index is 797. The first kappa shape index (κ1) is 14.9. The van der Waals surface area contributed by atoms with Crippen molar-refractivity contribution >= 4 is 43.7 Å². The van der Waals surface area contributed by atoms with Gasteiger partial charge in [-0.1, -0.05) is 12.1 Å². The van der Waals surface area contributed by atoms with Crippen LogP contribution in [0.25, 0.3) is 0 Å². The summed E-state index contributed by atoms with van der Waals surface area (Å²) in [6.45, 7) is 0.162. The van der Waals surface area contributed by atoms with E-state index in [-0.39, 0.29) is 18.4 Å². The van der Waals surface area contributed by atoms with Crippen molar-refractivity contribution in [3.8, 4) is 6.07 Å². The van der Waals surface area contributed by atoms with Crippen molar-refractivity contribution in [1.29, 1.82) is 5.26 Å². The number of fused-ring (bicyclic) bond motifs is 1. The SMILES string of the molecule is N#Cc1c(Br)cc(CN2C(=O)c3ccccc3C2=O)cc1Br. The van der Waals surface area contributed by atoms with E-state index >= 15 is 0 Å². The zero-order valence-corrected chi connectivity index (χ0v) is 14.3. The molecule has 0 saturated carbocycles. The Morgan fingerprint density at radius 1 is 1.00 bits per heavy atom. The molecule has 1 aliphatic heterocycles. The molecule has 4 nitrogen and oxygen atoms in total. The van der Waals surface area contributed by atoms with E-state index in [0.29, 0.717) is 25.6 Å². The van der Waals surface area contributed by atoms with Crippen molar-refractivity contribution in [3.05, 3.63) is 67.6 Å². The summed E-state index contributed by atoms with van der Waals surface area (Å²) in [5, 5.41) is 9.05. The fourth-order valence-electron chi connectivity index (χ4n) is 2.39. The lowest BCUT2D eigenvalue weighted by atomic mass is 10.1. The normalized spacial score (nSPS) is 13.2. The predicted octanol–water partition coefficient (Wildman–Crippen LogP) is 3.88. The van der Waals surface area contributed by atoms with Crippen molar-refractivity contribution in [2.75, 3.05) is 0 Å². The van der Waals surface area contributed by atoms with Gasteiger partial charge in [-0.15, -0.1) is 0 Å². The second-order valence-corrected chi connectivity index (χ2v) is 6.50. The highest BCUT2D eigenvalue weighted by atomic mass is 79.9. The Labute approximate surface area is 143 Å². The van der Waals surface area contributed by atoms with Gasteiger partial charge >= 0.3 is 0 Å². The van der Waals surface area contributed by atoms with E-state index < -0.39 is 0 Å². The first-order valence-corrected chi connectivity index (χ1v) is 7.94. The van der Waals surface area contributed by atoms with E-state index in [1.165, 1.54) is 4.90 Å². The quantitative estimate of drug-likeness (QED) is 0.694. The van der Waals surface area contributed by atoms with Crippen molar-refractivity contribution in [1.82, 2.24) is 4.90 Å². The lowest BCUT2D eigenvalue weighted by Crippen LogP contribution is -2.29. The molecule has 0 unspecified atom stereocenters. The third kappa shape index (κ3) is 2.36. The van der Waals surface area contributed by atoms with Crippen LogP contribution in [0.15, 0.2) is 45.3 Å². The number of hydrogen-bond donors (Lipinski definition) is 0. The maximum absolute atomic E-state index is 12.3. The smallest absolute Gasteiger partial charge is 0.261 e. The standard InChI is InChI=1S/C16H8Br2N2O2/c17-13-5-9(6-14(18)12(13)7-19)8-20-15(21)10-3-1-2-4-11(10)16(20)22/h1-6H,8H2. The molecule has 0 N–H and O–H groups in total. The van der Waals surface area contributed by atoms with Gasteiger partial charge in [0, 0.05) is 8.95 Å². The van der Waals surface area contributed by atoms with E-state index in [2.05, 4.69) is 37.9 Å². The van der Waals surface area contributed by atoms with Gasteiger partial charge in [0.05, 0.1) is 23.2 Å². The molecule has 108 valence electrons. The van der Waals surface area contributed by atoms with Crippen LogP contribution in [0.4, 0.5) is 0 Å². The fourth-order valence-corrected chi connectivity index (χ4v) is 3.85. The van der Waals surface area contributed by atoms with E-state index in [1.807, 2.05) is 0 Å². The molecule has 0 radical (unpaired) electrons. The molecule has 22 heavy (non-hydrogen) atoms. The van der Waals surface area contributed by atoms with Gasteiger partial charge < -0.3 is 0 Å². The van der Waals surface area contributed by atoms with Crippen LogP contribution >= 0.6 is 31.9 Å². The van der Waals surface area contributed by atoms with Crippen molar-refractivity contribution in [2.45, 2.75) is 6.54 Å². The number of halogens is 2. The molecule has 3 rings (SSSR count). The van der Waals surface area contributed by atoms with Gasteiger partial charge in [-0.05, 0) is 61.7 Å². The zero-order chi connectivity index (χ0) is 15.9. The summed E-state index contributed by atoms with van der Waals surface area (Å²) in [6, 6.07) is 12.3. The summed E-state index contributed by atoms with van der Waals surface area (Å²) in [5.74, 6) is -0.589. The molecule has 2 aromatic carbocycles. The molecule has 0 aliphatic carbocycles. The number of carbonyl (C=O) groups excluding carboxylic acids is 2. The number of imide groups is 1. The van der Waals surface area contributed by atoms with E-state index in [9.17, 15) is 9.59 Å². The average molecular weight is 420 g/mol. The van der Waals surface area contributed by atoms with Crippen molar-refractivity contribution in [2.24, 2.45) is 0 Å². The Kier molecular flexibility index (Phi) is 3.85. The molecule has 2 amide bonds. The molecule has 1 aliphatic rings. The van der Waals surface area contributed by atoms with Crippen molar-refractivity contribution in [3.63, 3.8) is 0 Å². The lowest BCUT2D eigenvalue weighted by Gasteiger charge is -2.15. The van der Waals surface area contributed by atoms with Crippen LogP contribution in [-0.4, -0.2) is 16.7 Å². The number of benzene rings is 2. The molecule has 0 spiro atoms. The Balaban J connectivity index is 1.95. The summed E-state index contributed by atoms with van der Waals surface area (Å²) in [4.78, 5) is 25.9. The second-order valence-electron chi connectivity index (χ2n) is 4.79. The van der Waals surface area contributed by atoms with Crippen LogP contribution in [0.1, 0.15) is 31.8 Å². The first-order chi connectivity index (χ1) is 10.5. The monoisotopic (exact) mass is 418 g/mol. The van der Waals surface area contributed by atoms with Crippen LogP contribution in [0.5, 0.6) is 0 Å². The Hall–Kier alpha value is -1.97. The number of amides is 2. The van der Waals surface area contributed by atoms with Crippen molar-refractivity contribution < 1.29 is 9.59 Å². The summed E-state index contributed by atoms with van der Waals surface area (Å²) in [7, 11) is 0. The molecule has 1 heterocycles. The minimum Gasteiger partial charge on any atom is -0.270 e. The molecule has 0 atom stereocenters. The molecular formula is C16H8Br2N2O2. The van der Waals surface area contributed by atoms with Gasteiger partial charge in [0.15, 0.2) is 0 Å². The summed E-state index contributed by atoms with van der Waals surface area (Å²) >= 11 is 6.65. The van der Waals surface area contributed by atoms with Crippen LogP contribution in [-0.2, 0) is 6.54 Å². The average Bonchev–Trinajstić information content (AvgIpc) is 2.73. The molecule has 0 fully saturated rings. The van der Waals surface area contributed by atoms with Gasteiger partial charge in [0.1, 0.15) is 6.07 Å². The number of carbonyl (C=O) groups is 2. The second kappa shape index (κ2) is 5.67. The minimum absolute atomic E-state index is 0.162. The highest BCUT2D eigenvalue weighted by Gasteiger charge is 2.35. The predicted molar refractivity (Wildman–Crippen MR) is 87.2 cm³/mol. The zero-order valence-electron chi connectivity index (χ0n) is 11.1. The van der Waals surface area contributed by atoms with Crippen LogP contribution in [0.3, 0.4) is 0 Å². The third-order valence-electron chi connectivity index (χ3n) is 3.43. The largest absolute Gasteiger partial charge is 0.270 e. The van der Waals surface area contributed by atoms with Crippen LogP contribution in [0.2, 0.25) is 0 Å². The van der Waals surface area contributed by atoms with Gasteiger partial charge in [-0.3, -0.25) is 14.5 Å². The Morgan fingerprint density at radius 2 is 1.50 bits per heavy atom. The molecule has 6 heteroatoms. The number of nitrogens with zero attached hydrogens (tertiary/aromatic N) is 2. The maximum atomic E-state index is 12.3. The van der Waals surface area contributed by atoms with Crippen LogP contribution < -0.4 is 0 Å². The number of hydrogen-bond acceptors (Lipinski definition) is 3. The van der Waals surface area contributed by atoms with E-state index in [1.54, 1.807) is 36.4 Å². The number of rotatable bonds is 2. The van der Waals surface area contributed by atoms with Gasteiger partial charge in [0.2, 0.25) is 0 Å². The van der Waals surface area contributed by atoms with E-state index in [4.69, 9.17) is 5.26 Å². The molecule has 0 aromatic heterocycles. The summed E-state index contributed by atoms with van der Waals surface area (Å²) in [5.41, 5.74) is 2.09.